The molecule has 0 spiro atoms. The van der Waals surface area contributed by atoms with Gasteiger partial charge in [0.15, 0.2) is 0 Å². The minimum absolute atomic E-state index is 0.568. The number of ether oxygens (including phenoxy) is 3. The molecule has 4 heteroatoms. The predicted octanol–water partition coefficient (Wildman–Crippen LogP) is 1.45. The lowest BCUT2D eigenvalue weighted by molar-refractivity contribution is 0.0200. The molecule has 0 saturated carbocycles. The Morgan fingerprint density at radius 2 is 1.81 bits per heavy atom. The fourth-order valence-electron chi connectivity index (χ4n) is 1.24. The first kappa shape index (κ1) is 13.0. The highest BCUT2D eigenvalue weighted by molar-refractivity contribution is 5.40. The van der Waals surface area contributed by atoms with Gasteiger partial charge in [0.05, 0.1) is 33.0 Å². The largest absolute Gasteiger partial charge is 0.399 e. The van der Waals surface area contributed by atoms with E-state index in [9.17, 15) is 0 Å². The van der Waals surface area contributed by atoms with Crippen LogP contribution >= 0.6 is 0 Å². The first-order chi connectivity index (χ1) is 7.83. The van der Waals surface area contributed by atoms with Crippen molar-refractivity contribution in [1.29, 1.82) is 0 Å². The molecule has 2 N–H and O–H groups in total. The van der Waals surface area contributed by atoms with Gasteiger partial charge in [-0.1, -0.05) is 12.1 Å². The maximum atomic E-state index is 5.65. The average Bonchev–Trinajstić information content (AvgIpc) is 2.28. The van der Waals surface area contributed by atoms with Crippen LogP contribution in [0.1, 0.15) is 5.56 Å². The molecule has 1 rings (SSSR count). The molecular weight excluding hydrogens is 206 g/mol. The molecule has 0 atom stereocenters. The minimum Gasteiger partial charge on any atom is -0.399 e. The zero-order valence-corrected chi connectivity index (χ0v) is 9.65. The molecule has 0 aliphatic rings. The standard InChI is InChI=1S/C12H19NO3/c1-14-5-6-15-7-8-16-10-11-3-2-4-12(13)9-11/h2-4,9H,5-8,10,13H2,1H3. The van der Waals surface area contributed by atoms with Crippen LogP contribution in [-0.2, 0) is 20.8 Å². The summed E-state index contributed by atoms with van der Waals surface area (Å²) in [5, 5.41) is 0. The van der Waals surface area contributed by atoms with Crippen LogP contribution in [-0.4, -0.2) is 33.5 Å². The van der Waals surface area contributed by atoms with Crippen molar-refractivity contribution in [2.45, 2.75) is 6.61 Å². The second-order valence-electron chi connectivity index (χ2n) is 3.40. The van der Waals surface area contributed by atoms with Crippen molar-refractivity contribution in [2.24, 2.45) is 0 Å². The third kappa shape index (κ3) is 5.70. The topological polar surface area (TPSA) is 53.7 Å². The molecule has 0 aliphatic carbocycles. The highest BCUT2D eigenvalue weighted by atomic mass is 16.5. The van der Waals surface area contributed by atoms with E-state index >= 15 is 0 Å². The van der Waals surface area contributed by atoms with E-state index in [0.29, 0.717) is 33.0 Å². The molecule has 0 radical (unpaired) electrons. The van der Waals surface area contributed by atoms with Crippen molar-refractivity contribution >= 4 is 5.69 Å². The Bertz CT molecular complexity index is 291. The molecular formula is C12H19NO3. The van der Waals surface area contributed by atoms with Gasteiger partial charge in [0, 0.05) is 12.8 Å². The number of nitrogen functional groups attached to an aromatic ring is 1. The van der Waals surface area contributed by atoms with Gasteiger partial charge in [-0.15, -0.1) is 0 Å². The molecule has 0 aromatic heterocycles. The van der Waals surface area contributed by atoms with E-state index < -0.39 is 0 Å². The van der Waals surface area contributed by atoms with E-state index in [-0.39, 0.29) is 0 Å². The lowest BCUT2D eigenvalue weighted by Crippen LogP contribution is -2.08. The smallest absolute Gasteiger partial charge is 0.0718 e. The zero-order chi connectivity index (χ0) is 11.6. The van der Waals surface area contributed by atoms with E-state index in [1.54, 1.807) is 7.11 Å². The molecule has 0 aliphatic heterocycles. The number of nitrogens with two attached hydrogens (primary N) is 1. The molecule has 4 nitrogen and oxygen atoms in total. The van der Waals surface area contributed by atoms with Crippen molar-refractivity contribution in [3.05, 3.63) is 29.8 Å². The van der Waals surface area contributed by atoms with Gasteiger partial charge in [-0.25, -0.2) is 0 Å². The van der Waals surface area contributed by atoms with Crippen LogP contribution in [0.25, 0.3) is 0 Å². The Morgan fingerprint density at radius 3 is 2.56 bits per heavy atom. The zero-order valence-electron chi connectivity index (χ0n) is 9.65. The summed E-state index contributed by atoms with van der Waals surface area (Å²) in [5.41, 5.74) is 7.49. The summed E-state index contributed by atoms with van der Waals surface area (Å²) in [6, 6.07) is 7.67. The average molecular weight is 225 g/mol. The Labute approximate surface area is 96.3 Å². The van der Waals surface area contributed by atoms with Crippen LogP contribution < -0.4 is 5.73 Å². The number of rotatable bonds is 8. The Hall–Kier alpha value is -1.10. The monoisotopic (exact) mass is 225 g/mol. The van der Waals surface area contributed by atoms with Crippen LogP contribution in [0, 0.1) is 0 Å². The van der Waals surface area contributed by atoms with Gasteiger partial charge < -0.3 is 19.9 Å². The summed E-state index contributed by atoms with van der Waals surface area (Å²) in [5.74, 6) is 0. The fraction of sp³-hybridized carbons (Fsp3) is 0.500. The summed E-state index contributed by atoms with van der Waals surface area (Å²) in [4.78, 5) is 0. The first-order valence-electron chi connectivity index (χ1n) is 5.32. The van der Waals surface area contributed by atoms with Gasteiger partial charge >= 0.3 is 0 Å². The lowest BCUT2D eigenvalue weighted by Gasteiger charge is -2.06. The first-order valence-corrected chi connectivity index (χ1v) is 5.32. The quantitative estimate of drug-likeness (QED) is 0.537. The van der Waals surface area contributed by atoms with E-state index in [0.717, 1.165) is 11.3 Å². The molecule has 0 bridgehead atoms. The van der Waals surface area contributed by atoms with Crippen molar-refractivity contribution in [2.75, 3.05) is 39.3 Å². The summed E-state index contributed by atoms with van der Waals surface area (Å²) in [7, 11) is 1.65. The second kappa shape index (κ2) is 8.10. The van der Waals surface area contributed by atoms with Crippen molar-refractivity contribution in [3.8, 4) is 0 Å². The van der Waals surface area contributed by atoms with E-state index in [2.05, 4.69) is 0 Å². The Kier molecular flexibility index (Phi) is 6.56. The molecule has 90 valence electrons. The number of methoxy groups -OCH3 is 1. The molecule has 1 aromatic rings. The molecule has 0 amide bonds. The third-order valence-corrected chi connectivity index (χ3v) is 2.02. The lowest BCUT2D eigenvalue weighted by atomic mass is 10.2. The van der Waals surface area contributed by atoms with Gasteiger partial charge in [0.2, 0.25) is 0 Å². The fourth-order valence-corrected chi connectivity index (χ4v) is 1.24. The molecule has 1 aromatic carbocycles. The van der Waals surface area contributed by atoms with Gasteiger partial charge in [-0.2, -0.15) is 0 Å². The van der Waals surface area contributed by atoms with E-state index in [1.807, 2.05) is 24.3 Å². The highest BCUT2D eigenvalue weighted by Gasteiger charge is 1.94. The van der Waals surface area contributed by atoms with Crippen LogP contribution in [0.2, 0.25) is 0 Å². The number of benzene rings is 1. The minimum atomic E-state index is 0.568. The normalized spacial score (nSPS) is 10.6. The van der Waals surface area contributed by atoms with Gasteiger partial charge in [-0.3, -0.25) is 0 Å². The van der Waals surface area contributed by atoms with E-state index in [1.165, 1.54) is 0 Å². The Balaban J connectivity index is 2.03. The second-order valence-corrected chi connectivity index (χ2v) is 3.40. The maximum Gasteiger partial charge on any atom is 0.0718 e. The van der Waals surface area contributed by atoms with Crippen molar-refractivity contribution in [3.63, 3.8) is 0 Å². The summed E-state index contributed by atoms with van der Waals surface area (Å²) in [6.45, 7) is 2.97. The number of hydrogen-bond acceptors (Lipinski definition) is 4. The maximum absolute atomic E-state index is 5.65. The van der Waals surface area contributed by atoms with Crippen LogP contribution in [0.15, 0.2) is 24.3 Å². The third-order valence-electron chi connectivity index (χ3n) is 2.02. The van der Waals surface area contributed by atoms with E-state index in [4.69, 9.17) is 19.9 Å². The highest BCUT2D eigenvalue weighted by Crippen LogP contribution is 2.07. The number of anilines is 1. The number of hydrogen-bond donors (Lipinski definition) is 1. The molecule has 0 saturated heterocycles. The van der Waals surface area contributed by atoms with Crippen LogP contribution in [0.4, 0.5) is 5.69 Å². The van der Waals surface area contributed by atoms with Crippen molar-refractivity contribution in [1.82, 2.24) is 0 Å². The summed E-state index contributed by atoms with van der Waals surface area (Å²) >= 11 is 0. The molecule has 0 heterocycles. The predicted molar refractivity (Wildman–Crippen MR) is 63.2 cm³/mol. The van der Waals surface area contributed by atoms with Crippen molar-refractivity contribution < 1.29 is 14.2 Å². The molecule has 0 fully saturated rings. The van der Waals surface area contributed by atoms with Gasteiger partial charge in [-0.05, 0) is 17.7 Å². The van der Waals surface area contributed by atoms with Gasteiger partial charge in [0.1, 0.15) is 0 Å². The summed E-state index contributed by atoms with van der Waals surface area (Å²) < 4.78 is 15.5. The van der Waals surface area contributed by atoms with Gasteiger partial charge in [0.25, 0.3) is 0 Å². The summed E-state index contributed by atoms with van der Waals surface area (Å²) in [6.07, 6.45) is 0. The Morgan fingerprint density at radius 1 is 1.06 bits per heavy atom. The van der Waals surface area contributed by atoms with Crippen LogP contribution in [0.3, 0.4) is 0 Å². The van der Waals surface area contributed by atoms with Crippen LogP contribution in [0.5, 0.6) is 0 Å². The molecule has 16 heavy (non-hydrogen) atoms. The SMILES string of the molecule is COCCOCCOCc1cccc(N)c1. The molecule has 0 unspecified atom stereocenters.